The Kier molecular flexibility index (Phi) is 4.51. The summed E-state index contributed by atoms with van der Waals surface area (Å²) in [4.78, 5) is 2.47. The van der Waals surface area contributed by atoms with Crippen molar-refractivity contribution in [2.75, 3.05) is 44.9 Å². The molecule has 1 aliphatic rings. The molecule has 102 valence electrons. The lowest BCUT2D eigenvalue weighted by Gasteiger charge is -2.31. The largest absolute Gasteiger partial charge is 1.00 e. The number of likely N-dealkylation sites (N-methyl/N-ethyl adjacent to an activating group) is 1. The van der Waals surface area contributed by atoms with Gasteiger partial charge in [-0.1, -0.05) is 0 Å². The number of quaternary nitrogens is 1. The minimum Gasteiger partial charge on any atom is -1.00 e. The first-order valence-corrected chi connectivity index (χ1v) is 6.30. The fourth-order valence-corrected chi connectivity index (χ4v) is 2.47. The number of hydrogen-bond donors (Lipinski definition) is 1. The molecule has 0 spiro atoms. The summed E-state index contributed by atoms with van der Waals surface area (Å²) < 4.78 is 1.05. The first-order chi connectivity index (χ1) is 7.88. The van der Waals surface area contributed by atoms with Gasteiger partial charge in [0.2, 0.25) is 0 Å². The van der Waals surface area contributed by atoms with Crippen LogP contribution in [0.2, 0.25) is 0 Å². The van der Waals surface area contributed by atoms with Crippen molar-refractivity contribution in [1.82, 2.24) is 0 Å². The fourth-order valence-electron chi connectivity index (χ4n) is 2.47. The highest BCUT2D eigenvalue weighted by Crippen LogP contribution is 2.26. The number of nitrogens with two attached hydrogens (primary N) is 1. The summed E-state index contributed by atoms with van der Waals surface area (Å²) in [6.07, 6.45) is 1.27. The van der Waals surface area contributed by atoms with Gasteiger partial charge in [-0.3, -0.25) is 0 Å². The van der Waals surface area contributed by atoms with E-state index in [4.69, 9.17) is 5.73 Å². The predicted molar refractivity (Wildman–Crippen MR) is 74.2 cm³/mol. The molecule has 1 aromatic rings. The van der Waals surface area contributed by atoms with Crippen molar-refractivity contribution in [1.29, 1.82) is 0 Å². The molecule has 18 heavy (non-hydrogen) atoms. The molecule has 0 aromatic heterocycles. The van der Waals surface area contributed by atoms with Gasteiger partial charge in [0.05, 0.1) is 27.7 Å². The molecule has 0 aliphatic carbocycles. The van der Waals surface area contributed by atoms with Crippen LogP contribution in [0.4, 0.5) is 11.4 Å². The zero-order valence-electron chi connectivity index (χ0n) is 11.8. The van der Waals surface area contributed by atoms with Crippen LogP contribution < -0.4 is 23.0 Å². The van der Waals surface area contributed by atoms with Crippen molar-refractivity contribution in [3.8, 4) is 0 Å². The van der Waals surface area contributed by atoms with E-state index in [0.717, 1.165) is 29.3 Å². The molecule has 3 nitrogen and oxygen atoms in total. The molecule has 1 aromatic carbocycles. The van der Waals surface area contributed by atoms with E-state index in [9.17, 15) is 0 Å². The summed E-state index contributed by atoms with van der Waals surface area (Å²) in [5.41, 5.74) is 9.24. The SMILES string of the molecule is Cc1cc(N2CCC([N+](C)(C)C)C2)ccc1N.[Cl-]. The number of anilines is 2. The summed E-state index contributed by atoms with van der Waals surface area (Å²) in [5, 5.41) is 0. The molecule has 4 heteroatoms. The van der Waals surface area contributed by atoms with Gasteiger partial charge in [0, 0.05) is 24.3 Å². The van der Waals surface area contributed by atoms with E-state index >= 15 is 0 Å². The van der Waals surface area contributed by atoms with Gasteiger partial charge in [-0.15, -0.1) is 0 Å². The third-order valence-corrected chi connectivity index (χ3v) is 3.88. The molecule has 0 bridgehead atoms. The van der Waals surface area contributed by atoms with Gasteiger partial charge in [0.1, 0.15) is 6.04 Å². The van der Waals surface area contributed by atoms with Gasteiger partial charge >= 0.3 is 0 Å². The van der Waals surface area contributed by atoms with Crippen molar-refractivity contribution < 1.29 is 16.9 Å². The fraction of sp³-hybridized carbons (Fsp3) is 0.571. The molecule has 1 fully saturated rings. The number of hydrogen-bond acceptors (Lipinski definition) is 2. The topological polar surface area (TPSA) is 29.3 Å². The van der Waals surface area contributed by atoms with E-state index in [2.05, 4.69) is 45.1 Å². The lowest BCUT2D eigenvalue weighted by Crippen LogP contribution is -3.00. The highest BCUT2D eigenvalue weighted by Gasteiger charge is 2.32. The van der Waals surface area contributed by atoms with Crippen molar-refractivity contribution in [3.63, 3.8) is 0 Å². The normalized spacial score (nSPS) is 19.8. The average molecular weight is 270 g/mol. The maximum absolute atomic E-state index is 5.86. The second-order valence-electron chi connectivity index (χ2n) is 6.05. The number of nitrogens with zero attached hydrogens (tertiary/aromatic N) is 2. The average Bonchev–Trinajstić information content (AvgIpc) is 2.70. The van der Waals surface area contributed by atoms with E-state index < -0.39 is 0 Å². The smallest absolute Gasteiger partial charge is 0.108 e. The van der Waals surface area contributed by atoms with Gasteiger partial charge < -0.3 is 27.5 Å². The van der Waals surface area contributed by atoms with Crippen LogP contribution in [0, 0.1) is 6.92 Å². The van der Waals surface area contributed by atoms with Crippen LogP contribution in [0.3, 0.4) is 0 Å². The molecule has 0 amide bonds. The number of halogens is 1. The molecule has 0 radical (unpaired) electrons. The van der Waals surface area contributed by atoms with Gasteiger partial charge in [0.15, 0.2) is 0 Å². The molecular weight excluding hydrogens is 246 g/mol. The van der Waals surface area contributed by atoms with Gasteiger partial charge in [-0.05, 0) is 30.7 Å². The van der Waals surface area contributed by atoms with Gasteiger partial charge in [0.25, 0.3) is 0 Å². The summed E-state index contributed by atoms with van der Waals surface area (Å²) in [7, 11) is 6.84. The van der Waals surface area contributed by atoms with Crippen LogP contribution in [0.25, 0.3) is 0 Å². The monoisotopic (exact) mass is 269 g/mol. The summed E-state index contributed by atoms with van der Waals surface area (Å²) in [6, 6.07) is 7.09. The molecule has 1 aliphatic heterocycles. The van der Waals surface area contributed by atoms with E-state index in [-0.39, 0.29) is 12.4 Å². The third-order valence-electron chi connectivity index (χ3n) is 3.88. The summed E-state index contributed by atoms with van der Waals surface area (Å²) >= 11 is 0. The van der Waals surface area contributed by atoms with E-state index in [0.29, 0.717) is 0 Å². The molecule has 2 rings (SSSR count). The van der Waals surface area contributed by atoms with Crippen LogP contribution in [0.15, 0.2) is 18.2 Å². The van der Waals surface area contributed by atoms with Crippen LogP contribution in [0.1, 0.15) is 12.0 Å². The predicted octanol–water partition coefficient (Wildman–Crippen LogP) is -1.13. The van der Waals surface area contributed by atoms with E-state index in [1.54, 1.807) is 0 Å². The Labute approximate surface area is 117 Å². The molecule has 0 saturated carbocycles. The zero-order chi connectivity index (χ0) is 12.6. The zero-order valence-corrected chi connectivity index (χ0v) is 12.5. The Morgan fingerprint density at radius 3 is 2.44 bits per heavy atom. The Bertz CT molecular complexity index is 412. The lowest BCUT2D eigenvalue weighted by atomic mass is 10.1. The van der Waals surface area contributed by atoms with Crippen molar-refractivity contribution in [2.45, 2.75) is 19.4 Å². The number of rotatable bonds is 2. The second kappa shape index (κ2) is 5.37. The van der Waals surface area contributed by atoms with Crippen molar-refractivity contribution in [3.05, 3.63) is 23.8 Å². The van der Waals surface area contributed by atoms with Crippen molar-refractivity contribution >= 4 is 11.4 Å². The minimum atomic E-state index is 0. The van der Waals surface area contributed by atoms with Crippen LogP contribution in [0.5, 0.6) is 0 Å². The Hall–Kier alpha value is -0.930. The molecule has 1 heterocycles. The Morgan fingerprint density at radius 2 is 1.94 bits per heavy atom. The second-order valence-corrected chi connectivity index (χ2v) is 6.05. The first kappa shape index (κ1) is 15.1. The Balaban J connectivity index is 0.00000162. The van der Waals surface area contributed by atoms with Crippen LogP contribution in [-0.4, -0.2) is 44.8 Å². The van der Waals surface area contributed by atoms with Crippen molar-refractivity contribution in [2.24, 2.45) is 0 Å². The molecule has 1 saturated heterocycles. The lowest BCUT2D eigenvalue weighted by molar-refractivity contribution is -0.893. The first-order valence-electron chi connectivity index (χ1n) is 6.30. The molecule has 1 atom stereocenters. The maximum Gasteiger partial charge on any atom is 0.108 e. The minimum absolute atomic E-state index is 0. The summed E-state index contributed by atoms with van der Waals surface area (Å²) in [5.74, 6) is 0. The number of aryl methyl sites for hydroxylation is 1. The quantitative estimate of drug-likeness (QED) is 0.544. The molecule has 1 unspecified atom stereocenters. The van der Waals surface area contributed by atoms with E-state index in [1.165, 1.54) is 17.7 Å². The molecule has 2 N–H and O–H groups in total. The van der Waals surface area contributed by atoms with Gasteiger partial charge in [-0.25, -0.2) is 0 Å². The number of nitrogen functional groups attached to an aromatic ring is 1. The van der Waals surface area contributed by atoms with Crippen LogP contribution >= 0.6 is 0 Å². The third kappa shape index (κ3) is 3.09. The highest BCUT2D eigenvalue weighted by molar-refractivity contribution is 5.58. The standard InChI is InChI=1S/C14H24N3.ClH/c1-11-9-12(5-6-14(11)15)16-8-7-13(10-16)17(2,3)4;/h5-6,9,13H,7-8,10,15H2,1-4H3;1H/q+1;/p-1. The molecular formula is C14H24ClN3. The Morgan fingerprint density at radius 1 is 1.28 bits per heavy atom. The number of benzene rings is 1. The highest BCUT2D eigenvalue weighted by atomic mass is 35.5. The summed E-state index contributed by atoms with van der Waals surface area (Å²) in [6.45, 7) is 4.38. The maximum atomic E-state index is 5.86. The van der Waals surface area contributed by atoms with E-state index in [1.807, 2.05) is 6.07 Å². The van der Waals surface area contributed by atoms with Crippen LogP contribution in [-0.2, 0) is 0 Å². The van der Waals surface area contributed by atoms with Gasteiger partial charge in [-0.2, -0.15) is 0 Å².